The van der Waals surface area contributed by atoms with Crippen molar-refractivity contribution in [1.82, 2.24) is 4.90 Å². The van der Waals surface area contributed by atoms with Gasteiger partial charge in [0.15, 0.2) is 0 Å². The minimum absolute atomic E-state index is 0.0721. The lowest BCUT2D eigenvalue weighted by atomic mass is 10.0. The van der Waals surface area contributed by atoms with Crippen LogP contribution in [-0.2, 0) is 4.74 Å². The molecule has 0 saturated carbocycles. The molecule has 0 aliphatic rings. The summed E-state index contributed by atoms with van der Waals surface area (Å²) in [6.45, 7) is 5.49. The van der Waals surface area contributed by atoms with Crippen molar-refractivity contribution in [3.8, 4) is 0 Å². The average molecular weight is 279 g/mol. The first-order chi connectivity index (χ1) is 9.54. The molecule has 0 fully saturated rings. The molecule has 0 spiro atoms. The van der Waals surface area contributed by atoms with Gasteiger partial charge in [0.25, 0.3) is 0 Å². The summed E-state index contributed by atoms with van der Waals surface area (Å²) in [4.78, 5) is 2.16. The Kier molecular flexibility index (Phi) is 7.04. The van der Waals surface area contributed by atoms with Gasteiger partial charge in [0, 0.05) is 19.0 Å². The SMILES string of the molecule is CC(C)OCCN(C)C(C/C(N)=N/O)c1ccccc1. The monoisotopic (exact) mass is 279 g/mol. The quantitative estimate of drug-likeness (QED) is 0.331. The van der Waals surface area contributed by atoms with Crippen LogP contribution in [0.15, 0.2) is 35.5 Å². The van der Waals surface area contributed by atoms with Crippen LogP contribution in [0.1, 0.15) is 31.9 Å². The third-order valence-corrected chi connectivity index (χ3v) is 3.14. The van der Waals surface area contributed by atoms with E-state index in [1.165, 1.54) is 0 Å². The summed E-state index contributed by atoms with van der Waals surface area (Å²) in [5.74, 6) is 0.232. The van der Waals surface area contributed by atoms with Crippen molar-refractivity contribution in [3.05, 3.63) is 35.9 Å². The molecule has 1 rings (SSSR count). The fraction of sp³-hybridized carbons (Fsp3) is 0.533. The first-order valence-electron chi connectivity index (χ1n) is 6.87. The third kappa shape index (κ3) is 5.59. The van der Waals surface area contributed by atoms with Crippen molar-refractivity contribution in [2.45, 2.75) is 32.4 Å². The van der Waals surface area contributed by atoms with E-state index < -0.39 is 0 Å². The molecule has 0 amide bonds. The Bertz CT molecular complexity index is 407. The van der Waals surface area contributed by atoms with Crippen molar-refractivity contribution < 1.29 is 9.94 Å². The number of nitrogens with two attached hydrogens (primary N) is 1. The van der Waals surface area contributed by atoms with Gasteiger partial charge in [0.2, 0.25) is 0 Å². The van der Waals surface area contributed by atoms with Crippen LogP contribution < -0.4 is 5.73 Å². The van der Waals surface area contributed by atoms with Crippen molar-refractivity contribution in [3.63, 3.8) is 0 Å². The standard InChI is InChI=1S/C15H25N3O2/c1-12(2)20-10-9-18(3)14(11-15(16)17-19)13-7-5-4-6-8-13/h4-8,12,14,19H,9-11H2,1-3H3,(H2,16,17). The molecular formula is C15H25N3O2. The summed E-state index contributed by atoms with van der Waals surface area (Å²) in [7, 11) is 2.02. The van der Waals surface area contributed by atoms with Gasteiger partial charge in [-0.25, -0.2) is 0 Å². The number of hydrogen-bond donors (Lipinski definition) is 2. The van der Waals surface area contributed by atoms with Gasteiger partial charge in [-0.05, 0) is 26.5 Å². The van der Waals surface area contributed by atoms with Gasteiger partial charge in [0.1, 0.15) is 5.84 Å². The molecular weight excluding hydrogens is 254 g/mol. The second-order valence-corrected chi connectivity index (χ2v) is 5.12. The van der Waals surface area contributed by atoms with Gasteiger partial charge in [0.05, 0.1) is 12.7 Å². The molecule has 5 heteroatoms. The maximum absolute atomic E-state index is 8.78. The second kappa shape index (κ2) is 8.55. The van der Waals surface area contributed by atoms with Gasteiger partial charge >= 0.3 is 0 Å². The molecule has 0 bridgehead atoms. The van der Waals surface area contributed by atoms with Crippen LogP contribution in [0.5, 0.6) is 0 Å². The zero-order valence-corrected chi connectivity index (χ0v) is 12.5. The summed E-state index contributed by atoms with van der Waals surface area (Å²) in [5.41, 5.74) is 6.81. The van der Waals surface area contributed by atoms with Crippen molar-refractivity contribution in [1.29, 1.82) is 0 Å². The molecule has 20 heavy (non-hydrogen) atoms. The number of likely N-dealkylation sites (N-methyl/N-ethyl adjacent to an activating group) is 1. The molecule has 1 atom stereocenters. The molecule has 0 heterocycles. The molecule has 112 valence electrons. The van der Waals surface area contributed by atoms with Crippen LogP contribution in [0.25, 0.3) is 0 Å². The molecule has 1 unspecified atom stereocenters. The Balaban J connectivity index is 2.72. The second-order valence-electron chi connectivity index (χ2n) is 5.12. The Morgan fingerprint density at radius 1 is 1.35 bits per heavy atom. The van der Waals surface area contributed by atoms with E-state index in [-0.39, 0.29) is 18.0 Å². The van der Waals surface area contributed by atoms with Crippen molar-refractivity contribution in [2.75, 3.05) is 20.2 Å². The van der Waals surface area contributed by atoms with E-state index in [4.69, 9.17) is 15.7 Å². The number of amidine groups is 1. The molecule has 5 nitrogen and oxygen atoms in total. The minimum Gasteiger partial charge on any atom is -0.409 e. The summed E-state index contributed by atoms with van der Waals surface area (Å²) >= 11 is 0. The van der Waals surface area contributed by atoms with E-state index in [9.17, 15) is 0 Å². The van der Waals surface area contributed by atoms with E-state index in [1.54, 1.807) is 0 Å². The first kappa shape index (κ1) is 16.5. The molecule has 0 radical (unpaired) electrons. The van der Waals surface area contributed by atoms with Gasteiger partial charge in [-0.1, -0.05) is 35.5 Å². The highest BCUT2D eigenvalue weighted by Gasteiger charge is 2.18. The Hall–Kier alpha value is -1.59. The normalized spacial score (nSPS) is 13.9. The highest BCUT2D eigenvalue weighted by atomic mass is 16.5. The van der Waals surface area contributed by atoms with E-state index in [2.05, 4.69) is 22.2 Å². The lowest BCUT2D eigenvalue weighted by Crippen LogP contribution is -2.32. The predicted molar refractivity (Wildman–Crippen MR) is 80.9 cm³/mol. The lowest BCUT2D eigenvalue weighted by Gasteiger charge is -2.28. The van der Waals surface area contributed by atoms with E-state index in [0.717, 1.165) is 12.1 Å². The minimum atomic E-state index is 0.0721. The largest absolute Gasteiger partial charge is 0.409 e. The number of nitrogens with zero attached hydrogens (tertiary/aromatic N) is 2. The highest BCUT2D eigenvalue weighted by molar-refractivity contribution is 5.80. The van der Waals surface area contributed by atoms with Crippen LogP contribution in [0.3, 0.4) is 0 Å². The average Bonchev–Trinajstić information content (AvgIpc) is 2.44. The highest BCUT2D eigenvalue weighted by Crippen LogP contribution is 2.22. The fourth-order valence-electron chi connectivity index (χ4n) is 2.03. The maximum Gasteiger partial charge on any atom is 0.141 e. The summed E-state index contributed by atoms with van der Waals surface area (Å²) in [5, 5.41) is 11.9. The topological polar surface area (TPSA) is 71.1 Å². The molecule has 0 aliphatic carbocycles. The fourth-order valence-corrected chi connectivity index (χ4v) is 2.03. The van der Waals surface area contributed by atoms with Crippen molar-refractivity contribution in [2.24, 2.45) is 10.9 Å². The van der Waals surface area contributed by atoms with Crippen LogP contribution in [0, 0.1) is 0 Å². The maximum atomic E-state index is 8.78. The van der Waals surface area contributed by atoms with Gasteiger partial charge in [-0.15, -0.1) is 0 Å². The smallest absolute Gasteiger partial charge is 0.141 e. The molecule has 0 saturated heterocycles. The third-order valence-electron chi connectivity index (χ3n) is 3.14. The number of ether oxygens (including phenoxy) is 1. The van der Waals surface area contributed by atoms with E-state index in [0.29, 0.717) is 13.0 Å². The Morgan fingerprint density at radius 3 is 2.55 bits per heavy atom. The molecule has 1 aromatic rings. The van der Waals surface area contributed by atoms with Crippen LogP contribution in [0.4, 0.5) is 0 Å². The summed E-state index contributed by atoms with van der Waals surface area (Å²) < 4.78 is 5.58. The molecule has 0 aliphatic heterocycles. The zero-order valence-electron chi connectivity index (χ0n) is 12.5. The molecule has 3 N–H and O–H groups in total. The number of benzene rings is 1. The molecule has 1 aromatic carbocycles. The van der Waals surface area contributed by atoms with Crippen LogP contribution in [0.2, 0.25) is 0 Å². The number of oxime groups is 1. The molecule has 0 aromatic heterocycles. The Labute approximate surface area is 121 Å². The number of hydrogen-bond acceptors (Lipinski definition) is 4. The first-order valence-corrected chi connectivity index (χ1v) is 6.87. The van der Waals surface area contributed by atoms with Crippen LogP contribution in [-0.4, -0.2) is 42.2 Å². The zero-order chi connectivity index (χ0) is 15.0. The van der Waals surface area contributed by atoms with Gasteiger partial charge in [-0.3, -0.25) is 4.90 Å². The predicted octanol–water partition coefficient (Wildman–Crippen LogP) is 2.22. The van der Waals surface area contributed by atoms with Crippen molar-refractivity contribution >= 4 is 5.84 Å². The number of rotatable bonds is 8. The Morgan fingerprint density at radius 2 is 2.00 bits per heavy atom. The van der Waals surface area contributed by atoms with Gasteiger partial charge < -0.3 is 15.7 Å². The lowest BCUT2D eigenvalue weighted by molar-refractivity contribution is 0.0562. The summed E-state index contributed by atoms with van der Waals surface area (Å²) in [6.07, 6.45) is 0.709. The van der Waals surface area contributed by atoms with E-state index in [1.807, 2.05) is 39.1 Å². The van der Waals surface area contributed by atoms with Gasteiger partial charge in [-0.2, -0.15) is 0 Å². The van der Waals surface area contributed by atoms with Crippen LogP contribution >= 0.6 is 0 Å². The van der Waals surface area contributed by atoms with E-state index >= 15 is 0 Å². The summed E-state index contributed by atoms with van der Waals surface area (Å²) in [6, 6.07) is 10.1.